The molecule has 3 aromatic rings. The number of H-pyrrole nitrogens is 1. The Kier molecular flexibility index (Phi) is 4.69. The molecule has 2 N–H and O–H groups in total. The van der Waals surface area contributed by atoms with Crippen molar-refractivity contribution >= 4 is 17.5 Å². The van der Waals surface area contributed by atoms with Gasteiger partial charge in [0.05, 0.1) is 12.3 Å². The summed E-state index contributed by atoms with van der Waals surface area (Å²) in [6, 6.07) is 10.0. The number of amides is 2. The second-order valence-electron chi connectivity index (χ2n) is 6.39. The number of anilines is 1. The zero-order valence-corrected chi connectivity index (χ0v) is 14.6. The van der Waals surface area contributed by atoms with Gasteiger partial charge in [-0.1, -0.05) is 6.07 Å². The molecule has 0 bridgehead atoms. The molecule has 1 saturated heterocycles. The molecule has 138 valence electrons. The molecule has 0 aliphatic carbocycles. The van der Waals surface area contributed by atoms with Crippen molar-refractivity contribution in [1.82, 2.24) is 20.1 Å². The Morgan fingerprint density at radius 1 is 1.22 bits per heavy atom. The number of carbonyl (C=O) groups is 2. The van der Waals surface area contributed by atoms with Gasteiger partial charge in [0, 0.05) is 17.8 Å². The van der Waals surface area contributed by atoms with E-state index in [1.165, 1.54) is 12.6 Å². The monoisotopic (exact) mass is 365 g/mol. The average molecular weight is 365 g/mol. The molecule has 3 heterocycles. The first kappa shape index (κ1) is 17.0. The van der Waals surface area contributed by atoms with Crippen LogP contribution in [0.1, 0.15) is 52.0 Å². The summed E-state index contributed by atoms with van der Waals surface area (Å²) in [4.78, 5) is 31.3. The molecule has 8 nitrogen and oxygen atoms in total. The molecular weight excluding hydrogens is 346 g/mol. The van der Waals surface area contributed by atoms with Gasteiger partial charge in [0.2, 0.25) is 0 Å². The van der Waals surface area contributed by atoms with Crippen LogP contribution in [0, 0.1) is 0 Å². The van der Waals surface area contributed by atoms with Gasteiger partial charge in [0.1, 0.15) is 12.2 Å². The van der Waals surface area contributed by atoms with Gasteiger partial charge in [-0.05, 0) is 49.6 Å². The summed E-state index contributed by atoms with van der Waals surface area (Å²) in [6.07, 6.45) is 5.72. The number of piperidine rings is 1. The molecule has 1 fully saturated rings. The van der Waals surface area contributed by atoms with E-state index in [-0.39, 0.29) is 23.6 Å². The number of nitrogens with one attached hydrogen (secondary N) is 2. The van der Waals surface area contributed by atoms with Gasteiger partial charge in [-0.25, -0.2) is 4.98 Å². The van der Waals surface area contributed by atoms with Crippen molar-refractivity contribution in [2.45, 2.75) is 25.3 Å². The fraction of sp³-hybridized carbons (Fsp3) is 0.263. The number of nitrogens with zero attached hydrogens (tertiary/aromatic N) is 3. The number of aromatic nitrogens is 3. The van der Waals surface area contributed by atoms with Crippen LogP contribution >= 0.6 is 0 Å². The van der Waals surface area contributed by atoms with Crippen LogP contribution in [0.5, 0.6) is 0 Å². The number of carbonyl (C=O) groups excluding carboxylic acids is 2. The van der Waals surface area contributed by atoms with Crippen LogP contribution in [0.3, 0.4) is 0 Å². The molecule has 1 aliphatic rings. The van der Waals surface area contributed by atoms with Gasteiger partial charge in [0.25, 0.3) is 11.8 Å². The van der Waals surface area contributed by atoms with E-state index in [9.17, 15) is 9.59 Å². The Hall–Kier alpha value is -3.42. The summed E-state index contributed by atoms with van der Waals surface area (Å²) in [6.45, 7) is 0.660. The number of likely N-dealkylation sites (tertiary alicyclic amines) is 1. The summed E-state index contributed by atoms with van der Waals surface area (Å²) >= 11 is 0. The zero-order valence-electron chi connectivity index (χ0n) is 14.6. The van der Waals surface area contributed by atoms with Gasteiger partial charge in [-0.15, -0.1) is 0 Å². The fourth-order valence-electron chi connectivity index (χ4n) is 3.33. The fourth-order valence-corrected chi connectivity index (χ4v) is 3.33. The lowest BCUT2D eigenvalue weighted by Crippen LogP contribution is -2.39. The second-order valence-corrected chi connectivity index (χ2v) is 6.39. The van der Waals surface area contributed by atoms with E-state index in [4.69, 9.17) is 4.42 Å². The van der Waals surface area contributed by atoms with E-state index in [2.05, 4.69) is 20.5 Å². The second kappa shape index (κ2) is 7.45. The molecule has 8 heteroatoms. The Labute approximate surface area is 155 Å². The summed E-state index contributed by atoms with van der Waals surface area (Å²) in [7, 11) is 0. The molecule has 2 aromatic heterocycles. The highest BCUT2D eigenvalue weighted by Crippen LogP contribution is 2.30. The van der Waals surface area contributed by atoms with E-state index in [0.29, 0.717) is 23.6 Å². The number of benzene rings is 1. The zero-order chi connectivity index (χ0) is 18.6. The summed E-state index contributed by atoms with van der Waals surface area (Å²) < 4.78 is 5.09. The third-order valence-electron chi connectivity index (χ3n) is 4.63. The molecule has 0 spiro atoms. The lowest BCUT2D eigenvalue weighted by atomic mass is 10.00. The van der Waals surface area contributed by atoms with Crippen molar-refractivity contribution in [3.05, 3.63) is 66.1 Å². The molecule has 4 rings (SSSR count). The summed E-state index contributed by atoms with van der Waals surface area (Å²) in [5, 5.41) is 9.53. The van der Waals surface area contributed by atoms with Gasteiger partial charge in [-0.2, -0.15) is 5.10 Å². The van der Waals surface area contributed by atoms with Crippen molar-refractivity contribution in [2.24, 2.45) is 0 Å². The van der Waals surface area contributed by atoms with Crippen LogP contribution in [-0.4, -0.2) is 38.4 Å². The third-order valence-corrected chi connectivity index (χ3v) is 4.63. The first-order chi connectivity index (χ1) is 13.2. The van der Waals surface area contributed by atoms with Crippen molar-refractivity contribution in [1.29, 1.82) is 0 Å². The van der Waals surface area contributed by atoms with E-state index in [0.717, 1.165) is 19.3 Å². The Morgan fingerprint density at radius 3 is 2.93 bits per heavy atom. The summed E-state index contributed by atoms with van der Waals surface area (Å²) in [5.74, 6) is 0.464. The van der Waals surface area contributed by atoms with E-state index in [1.54, 1.807) is 36.4 Å². The van der Waals surface area contributed by atoms with E-state index in [1.807, 2.05) is 4.90 Å². The molecule has 1 aliphatic heterocycles. The minimum absolute atomic E-state index is 0.0924. The molecule has 0 radical (unpaired) electrons. The SMILES string of the molecule is O=C(Nc1cccc(C(=O)N2CCCCC2c2ncn[nH]2)c1)c1ccco1. The Morgan fingerprint density at radius 2 is 2.15 bits per heavy atom. The van der Waals surface area contributed by atoms with E-state index >= 15 is 0 Å². The number of aromatic amines is 1. The highest BCUT2D eigenvalue weighted by molar-refractivity contribution is 6.03. The van der Waals surface area contributed by atoms with Crippen molar-refractivity contribution < 1.29 is 14.0 Å². The van der Waals surface area contributed by atoms with Crippen LogP contribution in [-0.2, 0) is 0 Å². The van der Waals surface area contributed by atoms with Gasteiger partial charge < -0.3 is 14.6 Å². The van der Waals surface area contributed by atoms with Crippen molar-refractivity contribution in [2.75, 3.05) is 11.9 Å². The number of hydrogen-bond acceptors (Lipinski definition) is 5. The van der Waals surface area contributed by atoms with Gasteiger partial charge in [-0.3, -0.25) is 14.7 Å². The minimum atomic E-state index is -0.359. The molecule has 1 unspecified atom stereocenters. The highest BCUT2D eigenvalue weighted by Gasteiger charge is 2.30. The average Bonchev–Trinajstić information content (AvgIpc) is 3.41. The highest BCUT2D eigenvalue weighted by atomic mass is 16.3. The molecule has 27 heavy (non-hydrogen) atoms. The lowest BCUT2D eigenvalue weighted by molar-refractivity contribution is 0.0600. The van der Waals surface area contributed by atoms with Crippen LogP contribution < -0.4 is 5.32 Å². The van der Waals surface area contributed by atoms with Gasteiger partial charge in [0.15, 0.2) is 5.76 Å². The van der Waals surface area contributed by atoms with Crippen LogP contribution in [0.25, 0.3) is 0 Å². The quantitative estimate of drug-likeness (QED) is 0.739. The molecule has 0 saturated carbocycles. The molecule has 1 atom stereocenters. The third kappa shape index (κ3) is 3.59. The summed E-state index contributed by atoms with van der Waals surface area (Å²) in [5.41, 5.74) is 1.05. The lowest BCUT2D eigenvalue weighted by Gasteiger charge is -2.34. The van der Waals surface area contributed by atoms with E-state index < -0.39 is 0 Å². The van der Waals surface area contributed by atoms with Crippen molar-refractivity contribution in [3.63, 3.8) is 0 Å². The predicted molar refractivity (Wildman–Crippen MR) is 97.1 cm³/mol. The van der Waals surface area contributed by atoms with Crippen molar-refractivity contribution in [3.8, 4) is 0 Å². The Bertz CT molecular complexity index is 921. The number of furan rings is 1. The first-order valence-corrected chi connectivity index (χ1v) is 8.83. The normalized spacial score (nSPS) is 16.9. The molecule has 1 aromatic carbocycles. The maximum Gasteiger partial charge on any atom is 0.291 e. The standard InChI is InChI=1S/C19H19N5O3/c25-18(16-8-4-10-27-16)22-14-6-3-5-13(11-14)19(26)24-9-2-1-7-15(24)17-20-12-21-23-17/h3-6,8,10-12,15H,1-2,7,9H2,(H,22,25)(H,20,21,23). The smallest absolute Gasteiger partial charge is 0.291 e. The predicted octanol–water partition coefficient (Wildman–Crippen LogP) is 3.02. The molecular formula is C19H19N5O3. The van der Waals surface area contributed by atoms with Gasteiger partial charge >= 0.3 is 0 Å². The first-order valence-electron chi connectivity index (χ1n) is 8.83. The number of rotatable bonds is 4. The maximum atomic E-state index is 13.1. The van der Waals surface area contributed by atoms with Crippen LogP contribution in [0.15, 0.2) is 53.4 Å². The molecule has 2 amide bonds. The number of hydrogen-bond donors (Lipinski definition) is 2. The maximum absolute atomic E-state index is 13.1. The topological polar surface area (TPSA) is 104 Å². The van der Waals surface area contributed by atoms with Crippen LogP contribution in [0.4, 0.5) is 5.69 Å². The largest absolute Gasteiger partial charge is 0.459 e. The van der Waals surface area contributed by atoms with Crippen LogP contribution in [0.2, 0.25) is 0 Å². The minimum Gasteiger partial charge on any atom is -0.459 e. The Balaban J connectivity index is 1.53.